The highest BCUT2D eigenvalue weighted by molar-refractivity contribution is 14.1. The molecule has 2 rings (SSSR count). The fourth-order valence-corrected chi connectivity index (χ4v) is 2.20. The van der Waals surface area contributed by atoms with E-state index in [1.165, 1.54) is 6.07 Å². The van der Waals surface area contributed by atoms with E-state index in [0.29, 0.717) is 11.3 Å². The standard InChI is InChI=1S/C15H14FIN2O3/c16-12-9-10(17)5-6-14(12)18-13-4-2-1-3-11(13)15(21)19-22-8-7-20/h1-6,9,18,20H,7-8H2,(H,19,21). The van der Waals surface area contributed by atoms with Crippen molar-refractivity contribution in [1.82, 2.24) is 5.48 Å². The lowest BCUT2D eigenvalue weighted by atomic mass is 10.1. The van der Waals surface area contributed by atoms with E-state index < -0.39 is 11.7 Å². The third kappa shape index (κ3) is 4.39. The van der Waals surface area contributed by atoms with Crippen molar-refractivity contribution in [2.45, 2.75) is 0 Å². The summed E-state index contributed by atoms with van der Waals surface area (Å²) in [5.74, 6) is -0.888. The van der Waals surface area contributed by atoms with Crippen LogP contribution in [0.25, 0.3) is 0 Å². The summed E-state index contributed by atoms with van der Waals surface area (Å²) in [7, 11) is 0. The van der Waals surface area contributed by atoms with Crippen LogP contribution in [0.3, 0.4) is 0 Å². The molecule has 0 aliphatic carbocycles. The molecule has 0 fully saturated rings. The number of halogens is 2. The first-order chi connectivity index (χ1) is 10.6. The van der Waals surface area contributed by atoms with Gasteiger partial charge in [-0.1, -0.05) is 12.1 Å². The Morgan fingerprint density at radius 1 is 1.23 bits per heavy atom. The van der Waals surface area contributed by atoms with Gasteiger partial charge in [0.05, 0.1) is 30.2 Å². The van der Waals surface area contributed by atoms with Crippen LogP contribution in [0.1, 0.15) is 10.4 Å². The topological polar surface area (TPSA) is 70.6 Å². The van der Waals surface area contributed by atoms with Gasteiger partial charge >= 0.3 is 0 Å². The average molecular weight is 416 g/mol. The van der Waals surface area contributed by atoms with Crippen molar-refractivity contribution in [2.75, 3.05) is 18.5 Å². The van der Waals surface area contributed by atoms with Crippen LogP contribution >= 0.6 is 22.6 Å². The molecular weight excluding hydrogens is 402 g/mol. The highest BCUT2D eigenvalue weighted by atomic mass is 127. The molecule has 5 nitrogen and oxygen atoms in total. The number of amides is 1. The normalized spacial score (nSPS) is 10.3. The largest absolute Gasteiger partial charge is 0.394 e. The molecule has 7 heteroatoms. The predicted molar refractivity (Wildman–Crippen MR) is 89.3 cm³/mol. The maximum Gasteiger partial charge on any atom is 0.276 e. The van der Waals surface area contributed by atoms with E-state index in [2.05, 4.69) is 10.8 Å². The Labute approximate surface area is 140 Å². The zero-order chi connectivity index (χ0) is 15.9. The van der Waals surface area contributed by atoms with Gasteiger partial charge in [0.25, 0.3) is 5.91 Å². The molecule has 0 atom stereocenters. The SMILES string of the molecule is O=C(NOCCO)c1ccccc1Nc1ccc(I)cc1F. The first-order valence-electron chi connectivity index (χ1n) is 6.46. The lowest BCUT2D eigenvalue weighted by Crippen LogP contribution is -2.25. The van der Waals surface area contributed by atoms with Crippen LogP contribution in [-0.4, -0.2) is 24.2 Å². The van der Waals surface area contributed by atoms with Gasteiger partial charge in [-0.05, 0) is 52.9 Å². The average Bonchev–Trinajstić information content (AvgIpc) is 2.51. The first kappa shape index (κ1) is 16.7. The van der Waals surface area contributed by atoms with Crippen LogP contribution in [0.2, 0.25) is 0 Å². The van der Waals surface area contributed by atoms with E-state index in [4.69, 9.17) is 9.94 Å². The van der Waals surface area contributed by atoms with Gasteiger partial charge in [-0.25, -0.2) is 9.87 Å². The number of carbonyl (C=O) groups excluding carboxylic acids is 1. The summed E-state index contributed by atoms with van der Waals surface area (Å²) in [5.41, 5.74) is 3.25. The maximum atomic E-state index is 13.9. The van der Waals surface area contributed by atoms with E-state index in [1.54, 1.807) is 36.4 Å². The number of aliphatic hydroxyl groups is 1. The molecule has 3 N–H and O–H groups in total. The van der Waals surface area contributed by atoms with E-state index in [1.807, 2.05) is 22.6 Å². The van der Waals surface area contributed by atoms with Crippen LogP contribution in [0.5, 0.6) is 0 Å². The zero-order valence-corrected chi connectivity index (χ0v) is 13.6. The van der Waals surface area contributed by atoms with E-state index in [9.17, 15) is 9.18 Å². The second kappa shape index (κ2) is 8.06. The Morgan fingerprint density at radius 2 is 2.00 bits per heavy atom. The van der Waals surface area contributed by atoms with Gasteiger partial charge in [-0.3, -0.25) is 9.63 Å². The Bertz CT molecular complexity index is 667. The second-order valence-electron chi connectivity index (χ2n) is 4.30. The highest BCUT2D eigenvalue weighted by Gasteiger charge is 2.12. The van der Waals surface area contributed by atoms with Gasteiger partial charge < -0.3 is 10.4 Å². The Hall–Kier alpha value is -1.71. The summed E-state index contributed by atoms with van der Waals surface area (Å²) >= 11 is 2.02. The van der Waals surface area contributed by atoms with Crippen LogP contribution in [-0.2, 0) is 4.84 Å². The van der Waals surface area contributed by atoms with Crippen molar-refractivity contribution in [3.05, 3.63) is 57.4 Å². The smallest absolute Gasteiger partial charge is 0.276 e. The van der Waals surface area contributed by atoms with Crippen LogP contribution in [0.4, 0.5) is 15.8 Å². The summed E-state index contributed by atoms with van der Waals surface area (Å²) in [6, 6.07) is 11.4. The Morgan fingerprint density at radius 3 is 2.73 bits per heavy atom. The molecule has 0 spiro atoms. The number of benzene rings is 2. The van der Waals surface area contributed by atoms with E-state index in [0.717, 1.165) is 3.57 Å². The third-order valence-corrected chi connectivity index (χ3v) is 3.40. The van der Waals surface area contributed by atoms with Crippen molar-refractivity contribution in [3.8, 4) is 0 Å². The molecule has 2 aromatic carbocycles. The maximum absolute atomic E-state index is 13.9. The van der Waals surface area contributed by atoms with E-state index in [-0.39, 0.29) is 18.9 Å². The number of anilines is 2. The number of para-hydroxylation sites is 1. The molecule has 0 aliphatic heterocycles. The zero-order valence-electron chi connectivity index (χ0n) is 11.5. The molecule has 2 aromatic rings. The number of rotatable bonds is 6. The molecule has 0 radical (unpaired) electrons. The molecule has 22 heavy (non-hydrogen) atoms. The van der Waals surface area contributed by atoms with Gasteiger partial charge in [0, 0.05) is 3.57 Å². The number of hydroxylamine groups is 1. The molecule has 0 saturated heterocycles. The van der Waals surface area contributed by atoms with Gasteiger partial charge in [-0.2, -0.15) is 0 Å². The number of carbonyl (C=O) groups is 1. The summed E-state index contributed by atoms with van der Waals surface area (Å²) in [6.45, 7) is -0.207. The van der Waals surface area contributed by atoms with Gasteiger partial charge in [0.1, 0.15) is 5.82 Å². The molecule has 0 saturated carbocycles. The summed E-state index contributed by atoms with van der Waals surface area (Å²) in [6.07, 6.45) is 0. The predicted octanol–water partition coefficient (Wildman–Crippen LogP) is 2.83. The van der Waals surface area contributed by atoms with Gasteiger partial charge in [0.2, 0.25) is 0 Å². The first-order valence-corrected chi connectivity index (χ1v) is 7.54. The van der Waals surface area contributed by atoms with Crippen molar-refractivity contribution < 1.29 is 19.1 Å². The number of nitrogens with one attached hydrogen (secondary N) is 2. The summed E-state index contributed by atoms with van der Waals surface area (Å²) < 4.78 is 14.7. The lowest BCUT2D eigenvalue weighted by molar-refractivity contribution is 0.0169. The fourth-order valence-electron chi connectivity index (χ4n) is 1.74. The van der Waals surface area contributed by atoms with Gasteiger partial charge in [0.15, 0.2) is 0 Å². The van der Waals surface area contributed by atoms with E-state index >= 15 is 0 Å². The Balaban J connectivity index is 2.19. The summed E-state index contributed by atoms with van der Waals surface area (Å²) in [4.78, 5) is 16.8. The molecule has 0 aliphatic rings. The minimum atomic E-state index is -0.484. The van der Waals surface area contributed by atoms with Crippen molar-refractivity contribution in [1.29, 1.82) is 0 Å². The molecular formula is C15H14FIN2O3. The minimum absolute atomic E-state index is 0.00686. The number of hydrogen-bond donors (Lipinski definition) is 3. The molecule has 0 heterocycles. The molecule has 1 amide bonds. The minimum Gasteiger partial charge on any atom is -0.394 e. The van der Waals surface area contributed by atoms with Crippen LogP contribution in [0, 0.1) is 9.39 Å². The quantitative estimate of drug-likeness (QED) is 0.385. The Kier molecular flexibility index (Phi) is 6.10. The van der Waals surface area contributed by atoms with Crippen LogP contribution < -0.4 is 10.8 Å². The third-order valence-electron chi connectivity index (χ3n) is 2.73. The summed E-state index contributed by atoms with van der Waals surface area (Å²) in [5, 5.41) is 11.5. The van der Waals surface area contributed by atoms with Gasteiger partial charge in [-0.15, -0.1) is 0 Å². The second-order valence-corrected chi connectivity index (χ2v) is 5.54. The van der Waals surface area contributed by atoms with Crippen molar-refractivity contribution in [2.24, 2.45) is 0 Å². The molecule has 0 aromatic heterocycles. The fraction of sp³-hybridized carbons (Fsp3) is 0.133. The monoisotopic (exact) mass is 416 g/mol. The highest BCUT2D eigenvalue weighted by Crippen LogP contribution is 2.24. The lowest BCUT2D eigenvalue weighted by Gasteiger charge is -2.12. The molecule has 116 valence electrons. The number of hydrogen-bond acceptors (Lipinski definition) is 4. The number of aliphatic hydroxyl groups excluding tert-OH is 1. The van der Waals surface area contributed by atoms with Crippen LogP contribution in [0.15, 0.2) is 42.5 Å². The van der Waals surface area contributed by atoms with Crippen molar-refractivity contribution in [3.63, 3.8) is 0 Å². The van der Waals surface area contributed by atoms with Crippen molar-refractivity contribution >= 4 is 39.9 Å². The molecule has 0 bridgehead atoms. The molecule has 0 unspecified atom stereocenters.